The third kappa shape index (κ3) is 13.5. The van der Waals surface area contributed by atoms with Gasteiger partial charge in [-0.3, -0.25) is 0 Å². The molecule has 0 heterocycles. The van der Waals surface area contributed by atoms with Crippen LogP contribution in [-0.4, -0.2) is 0 Å². The van der Waals surface area contributed by atoms with E-state index in [0.29, 0.717) is 0 Å². The molecule has 8 N–H and O–H groups in total. The predicted octanol–water partition coefficient (Wildman–Crippen LogP) is 17.9. The molecule has 10 aromatic rings. The van der Waals surface area contributed by atoms with Gasteiger partial charge in [-0.25, -0.2) is 0 Å². The summed E-state index contributed by atoms with van der Waals surface area (Å²) in [6, 6.07) is 89.3. The topological polar surface area (TPSA) is 96.2 Å². The first kappa shape index (κ1) is 48.2. The molecule has 366 valence electrons. The van der Waals surface area contributed by atoms with Crippen molar-refractivity contribution in [2.75, 3.05) is 42.5 Å². The lowest BCUT2D eigenvalue weighted by molar-refractivity contribution is 0.863. The standard InChI is InChI=1S/C66H62N8/c1-47(69-59-34-38-62(39-35-59)72-58-18-7-4-8-19-58)51-22-24-52(25-23-51)48(2)70-60-36-40-64(41-37-60)74-66-21-11-15-54(44-66)53-14-10-20-65(43-53)73-63-32-28-56(29-33-63)68-46-50-13-9-12-49(42-50)45-67-55-26-30-61(31-27-55)71-57-16-5-3-6-17-57/h3-44,47-48,67-74H,45-46H2,1-2H3. The van der Waals surface area contributed by atoms with Gasteiger partial charge in [-0.2, -0.15) is 0 Å². The molecule has 0 aliphatic rings. The minimum Gasteiger partial charge on any atom is -0.381 e. The van der Waals surface area contributed by atoms with Crippen LogP contribution in [0.5, 0.6) is 0 Å². The zero-order valence-electron chi connectivity index (χ0n) is 41.8. The fourth-order valence-electron chi connectivity index (χ4n) is 8.90. The number of hydrogen-bond acceptors (Lipinski definition) is 8. The number of hydrogen-bond donors (Lipinski definition) is 8. The summed E-state index contributed by atoms with van der Waals surface area (Å²) < 4.78 is 0. The number of para-hydroxylation sites is 2. The highest BCUT2D eigenvalue weighted by Gasteiger charge is 2.11. The zero-order valence-corrected chi connectivity index (χ0v) is 41.8. The van der Waals surface area contributed by atoms with Gasteiger partial charge in [0, 0.05) is 93.4 Å². The fraction of sp³-hybridized carbons (Fsp3) is 0.0909. The van der Waals surface area contributed by atoms with Gasteiger partial charge in [0.25, 0.3) is 0 Å². The summed E-state index contributed by atoms with van der Waals surface area (Å²) in [5.74, 6) is 0. The molecule has 0 aliphatic heterocycles. The third-order valence-corrected chi connectivity index (χ3v) is 13.0. The van der Waals surface area contributed by atoms with Gasteiger partial charge in [0.1, 0.15) is 0 Å². The van der Waals surface area contributed by atoms with E-state index in [1.165, 1.54) is 22.3 Å². The van der Waals surface area contributed by atoms with Crippen LogP contribution < -0.4 is 42.5 Å². The van der Waals surface area contributed by atoms with Gasteiger partial charge in [0.05, 0.1) is 0 Å². The van der Waals surface area contributed by atoms with Crippen LogP contribution in [0.1, 0.15) is 48.2 Å². The van der Waals surface area contributed by atoms with Crippen molar-refractivity contribution >= 4 is 68.2 Å². The zero-order chi connectivity index (χ0) is 50.3. The first-order valence-electron chi connectivity index (χ1n) is 25.4. The summed E-state index contributed by atoms with van der Waals surface area (Å²) in [4.78, 5) is 0. The molecule has 8 nitrogen and oxygen atoms in total. The number of nitrogens with one attached hydrogen (secondary N) is 8. The Labute approximate surface area is 436 Å². The van der Waals surface area contributed by atoms with Crippen molar-refractivity contribution in [2.45, 2.75) is 39.0 Å². The van der Waals surface area contributed by atoms with Crippen molar-refractivity contribution in [3.63, 3.8) is 0 Å². The summed E-state index contributed by atoms with van der Waals surface area (Å²) in [6.45, 7) is 5.88. The fourth-order valence-corrected chi connectivity index (χ4v) is 8.90. The van der Waals surface area contributed by atoms with Crippen molar-refractivity contribution in [1.82, 2.24) is 0 Å². The lowest BCUT2D eigenvalue weighted by Gasteiger charge is -2.19. The van der Waals surface area contributed by atoms with Gasteiger partial charge >= 0.3 is 0 Å². The number of benzene rings is 10. The molecular weight excluding hydrogens is 905 g/mol. The van der Waals surface area contributed by atoms with Crippen molar-refractivity contribution in [1.29, 1.82) is 0 Å². The molecule has 0 bridgehead atoms. The summed E-state index contributed by atoms with van der Waals surface area (Å²) in [5, 5.41) is 28.6. The van der Waals surface area contributed by atoms with Crippen LogP contribution >= 0.6 is 0 Å². The van der Waals surface area contributed by atoms with Crippen molar-refractivity contribution in [2.24, 2.45) is 0 Å². The molecule has 74 heavy (non-hydrogen) atoms. The highest BCUT2D eigenvalue weighted by atomic mass is 14.9. The molecule has 0 fully saturated rings. The number of anilines is 12. The smallest absolute Gasteiger partial charge is 0.0485 e. The first-order valence-corrected chi connectivity index (χ1v) is 25.4. The van der Waals surface area contributed by atoms with Gasteiger partial charge in [-0.15, -0.1) is 0 Å². The molecule has 0 saturated heterocycles. The van der Waals surface area contributed by atoms with E-state index in [2.05, 4.69) is 275 Å². The Morgan fingerprint density at radius 3 is 0.932 bits per heavy atom. The molecule has 10 rings (SSSR count). The molecule has 0 aliphatic carbocycles. The van der Waals surface area contributed by atoms with Gasteiger partial charge in [-0.05, 0) is 193 Å². The second kappa shape index (κ2) is 23.7. The van der Waals surface area contributed by atoms with E-state index < -0.39 is 0 Å². The SMILES string of the molecule is CC(Nc1ccc(Nc2ccccc2)cc1)c1ccc(C(C)Nc2ccc(Nc3cccc(-c4cccc(Nc5ccc(NCc6cccc(CNc7ccc(Nc8ccccc8)cc7)c6)cc5)c4)c3)cc2)cc1. The summed E-state index contributed by atoms with van der Waals surface area (Å²) in [5.41, 5.74) is 19.9. The minimum absolute atomic E-state index is 0.141. The van der Waals surface area contributed by atoms with Crippen LogP contribution in [0, 0.1) is 0 Å². The molecule has 2 atom stereocenters. The Hall–Kier alpha value is -9.40. The summed E-state index contributed by atoms with van der Waals surface area (Å²) in [6.07, 6.45) is 0. The number of rotatable bonds is 21. The molecule has 8 heteroatoms. The molecule has 0 aromatic heterocycles. The molecule has 0 radical (unpaired) electrons. The molecule has 2 unspecified atom stereocenters. The van der Waals surface area contributed by atoms with E-state index in [0.717, 1.165) is 92.5 Å². The minimum atomic E-state index is 0.141. The monoisotopic (exact) mass is 967 g/mol. The Morgan fingerprint density at radius 2 is 0.554 bits per heavy atom. The van der Waals surface area contributed by atoms with Crippen LogP contribution in [0.4, 0.5) is 68.2 Å². The van der Waals surface area contributed by atoms with E-state index in [9.17, 15) is 0 Å². The van der Waals surface area contributed by atoms with Crippen LogP contribution in [0.2, 0.25) is 0 Å². The van der Waals surface area contributed by atoms with E-state index in [1.54, 1.807) is 0 Å². The van der Waals surface area contributed by atoms with Gasteiger partial charge in [0.2, 0.25) is 0 Å². The molecule has 0 saturated carbocycles. The van der Waals surface area contributed by atoms with Gasteiger partial charge in [0.15, 0.2) is 0 Å². The first-order chi connectivity index (χ1) is 36.4. The van der Waals surface area contributed by atoms with E-state index in [1.807, 2.05) is 36.4 Å². The Bertz CT molecular complexity index is 3330. The highest BCUT2D eigenvalue weighted by molar-refractivity contribution is 5.75. The lowest BCUT2D eigenvalue weighted by atomic mass is 10.0. The Balaban J connectivity index is 0.668. The molecule has 0 spiro atoms. The van der Waals surface area contributed by atoms with Crippen LogP contribution in [0.15, 0.2) is 255 Å². The maximum Gasteiger partial charge on any atom is 0.0485 e. The van der Waals surface area contributed by atoms with Gasteiger partial charge in [-0.1, -0.05) is 109 Å². The molecule has 0 amide bonds. The summed E-state index contributed by atoms with van der Waals surface area (Å²) in [7, 11) is 0. The predicted molar refractivity (Wildman–Crippen MR) is 315 cm³/mol. The van der Waals surface area contributed by atoms with Crippen LogP contribution in [0.25, 0.3) is 11.1 Å². The Morgan fingerprint density at radius 1 is 0.257 bits per heavy atom. The maximum absolute atomic E-state index is 3.68. The lowest BCUT2D eigenvalue weighted by Crippen LogP contribution is -2.09. The van der Waals surface area contributed by atoms with E-state index in [4.69, 9.17) is 0 Å². The van der Waals surface area contributed by atoms with Crippen molar-refractivity contribution in [3.05, 3.63) is 277 Å². The normalized spacial score (nSPS) is 11.6. The second-order valence-electron chi connectivity index (χ2n) is 18.6. The summed E-state index contributed by atoms with van der Waals surface area (Å²) >= 11 is 0. The average Bonchev–Trinajstić information content (AvgIpc) is 3.44. The molecular formula is C66H62N8. The van der Waals surface area contributed by atoms with Crippen LogP contribution in [-0.2, 0) is 13.1 Å². The van der Waals surface area contributed by atoms with E-state index in [-0.39, 0.29) is 12.1 Å². The molecule has 10 aromatic carbocycles. The maximum atomic E-state index is 3.68. The van der Waals surface area contributed by atoms with E-state index >= 15 is 0 Å². The van der Waals surface area contributed by atoms with Crippen molar-refractivity contribution in [3.8, 4) is 11.1 Å². The average molecular weight is 967 g/mol. The van der Waals surface area contributed by atoms with Crippen LogP contribution in [0.3, 0.4) is 0 Å². The largest absolute Gasteiger partial charge is 0.381 e. The third-order valence-electron chi connectivity index (χ3n) is 13.0. The quantitative estimate of drug-likeness (QED) is 0.0361. The van der Waals surface area contributed by atoms with Crippen molar-refractivity contribution < 1.29 is 0 Å². The highest BCUT2D eigenvalue weighted by Crippen LogP contribution is 2.31. The van der Waals surface area contributed by atoms with Gasteiger partial charge < -0.3 is 42.5 Å². The Kier molecular flexibility index (Phi) is 15.4. The second-order valence-corrected chi connectivity index (χ2v) is 18.6.